The van der Waals surface area contributed by atoms with Crippen LogP contribution in [0.5, 0.6) is 0 Å². The first-order valence-electron chi connectivity index (χ1n) is 12.6. The van der Waals surface area contributed by atoms with Gasteiger partial charge in [-0.05, 0) is 55.5 Å². The first-order valence-corrected chi connectivity index (χ1v) is 12.6. The second-order valence-corrected chi connectivity index (χ2v) is 9.67. The molecule has 0 saturated carbocycles. The number of amides is 5. The predicted octanol–water partition coefficient (Wildman–Crippen LogP) is 2.12. The molecule has 2 saturated heterocycles. The zero-order valence-corrected chi connectivity index (χ0v) is 20.8. The molecule has 1 aromatic carbocycles. The minimum Gasteiger partial charge on any atom is -0.334 e. The van der Waals surface area contributed by atoms with Crippen LogP contribution in [0.2, 0.25) is 0 Å². The van der Waals surface area contributed by atoms with E-state index in [0.29, 0.717) is 38.2 Å². The number of nitrogens with one attached hydrogen (secondary N) is 2. The number of hydrogen-bond donors (Lipinski definition) is 2. The molecule has 3 aliphatic rings. The molecule has 1 atom stereocenters. The highest BCUT2D eigenvalue weighted by Gasteiger charge is 2.39. The summed E-state index contributed by atoms with van der Waals surface area (Å²) >= 11 is 0. The molecule has 0 bridgehead atoms. The van der Waals surface area contributed by atoms with Crippen molar-refractivity contribution < 1.29 is 19.2 Å². The molecule has 0 spiro atoms. The minimum absolute atomic E-state index is 0.0809. The summed E-state index contributed by atoms with van der Waals surface area (Å²) in [4.78, 5) is 57.1. The van der Waals surface area contributed by atoms with Crippen LogP contribution in [-0.2, 0) is 22.7 Å². The van der Waals surface area contributed by atoms with Crippen molar-refractivity contribution in [3.63, 3.8) is 0 Å². The monoisotopic (exact) mass is 499 g/mol. The second-order valence-electron chi connectivity index (χ2n) is 9.67. The summed E-state index contributed by atoms with van der Waals surface area (Å²) in [6.07, 6.45) is 3.86. The molecule has 1 unspecified atom stereocenters. The number of aryl methyl sites for hydroxylation is 1. The Balaban J connectivity index is 1.18. The average Bonchev–Trinajstić information content (AvgIpc) is 3.24. The quantitative estimate of drug-likeness (QED) is 0.496. The highest BCUT2D eigenvalue weighted by molar-refractivity contribution is 6.05. The van der Waals surface area contributed by atoms with Gasteiger partial charge in [-0.3, -0.25) is 24.7 Å². The molecule has 1 aromatic heterocycles. The maximum Gasteiger partial charge on any atom is 0.317 e. The highest BCUT2D eigenvalue weighted by atomic mass is 16.2. The lowest BCUT2D eigenvalue weighted by atomic mass is 9.96. The Kier molecular flexibility index (Phi) is 6.91. The van der Waals surface area contributed by atoms with Gasteiger partial charge in [-0.1, -0.05) is 24.0 Å². The number of carbonyl (C=O) groups is 4. The van der Waals surface area contributed by atoms with Crippen molar-refractivity contribution in [1.82, 2.24) is 25.4 Å². The van der Waals surface area contributed by atoms with Crippen molar-refractivity contribution >= 4 is 23.8 Å². The smallest absolute Gasteiger partial charge is 0.317 e. The molecule has 190 valence electrons. The molecule has 2 fully saturated rings. The molecule has 0 radical (unpaired) electrons. The largest absolute Gasteiger partial charge is 0.334 e. The molecule has 5 rings (SSSR count). The molecular weight excluding hydrogens is 470 g/mol. The first kappa shape index (κ1) is 24.5. The van der Waals surface area contributed by atoms with Gasteiger partial charge in [0.05, 0.1) is 0 Å². The second kappa shape index (κ2) is 10.4. The van der Waals surface area contributed by atoms with E-state index in [1.54, 1.807) is 17.2 Å². The summed E-state index contributed by atoms with van der Waals surface area (Å²) in [7, 11) is 0. The van der Waals surface area contributed by atoms with E-state index in [-0.39, 0.29) is 30.2 Å². The Hall–Kier alpha value is -4.19. The number of fused-ring (bicyclic) bond motifs is 1. The lowest BCUT2D eigenvalue weighted by molar-refractivity contribution is -0.136. The number of hydrogen-bond acceptors (Lipinski definition) is 5. The Morgan fingerprint density at radius 3 is 2.70 bits per heavy atom. The summed E-state index contributed by atoms with van der Waals surface area (Å²) in [6.45, 7) is 3.94. The third-order valence-corrected chi connectivity index (χ3v) is 7.32. The van der Waals surface area contributed by atoms with Gasteiger partial charge in [-0.15, -0.1) is 0 Å². The van der Waals surface area contributed by atoms with E-state index in [9.17, 15) is 19.2 Å². The Morgan fingerprint density at radius 2 is 1.95 bits per heavy atom. The van der Waals surface area contributed by atoms with E-state index < -0.39 is 11.9 Å². The van der Waals surface area contributed by atoms with Gasteiger partial charge >= 0.3 is 6.03 Å². The number of rotatable bonds is 3. The summed E-state index contributed by atoms with van der Waals surface area (Å²) in [5, 5.41) is 5.31. The molecule has 9 heteroatoms. The van der Waals surface area contributed by atoms with Crippen molar-refractivity contribution in [2.45, 2.75) is 51.7 Å². The van der Waals surface area contributed by atoms with Gasteiger partial charge in [0.2, 0.25) is 11.8 Å². The third-order valence-electron chi connectivity index (χ3n) is 7.32. The zero-order valence-electron chi connectivity index (χ0n) is 20.8. The summed E-state index contributed by atoms with van der Waals surface area (Å²) in [5.41, 5.74) is 4.08. The van der Waals surface area contributed by atoms with Crippen LogP contribution in [0.15, 0.2) is 36.5 Å². The van der Waals surface area contributed by atoms with Gasteiger partial charge in [-0.2, -0.15) is 0 Å². The molecule has 37 heavy (non-hydrogen) atoms. The normalized spacial score (nSPS) is 19.7. The highest BCUT2D eigenvalue weighted by Crippen LogP contribution is 2.29. The van der Waals surface area contributed by atoms with Crippen molar-refractivity contribution in [3.8, 4) is 11.8 Å². The van der Waals surface area contributed by atoms with Gasteiger partial charge in [-0.25, -0.2) is 4.79 Å². The number of nitrogens with zero attached hydrogens (tertiary/aromatic N) is 3. The van der Waals surface area contributed by atoms with Crippen LogP contribution in [0.1, 0.15) is 58.4 Å². The molecule has 3 aliphatic heterocycles. The van der Waals surface area contributed by atoms with Crippen molar-refractivity contribution in [1.29, 1.82) is 0 Å². The van der Waals surface area contributed by atoms with Crippen molar-refractivity contribution in [3.05, 3.63) is 64.5 Å². The maximum absolute atomic E-state index is 13.0. The predicted molar refractivity (Wildman–Crippen MR) is 135 cm³/mol. The Morgan fingerprint density at radius 1 is 1.14 bits per heavy atom. The summed E-state index contributed by atoms with van der Waals surface area (Å²) in [5.74, 6) is 5.84. The number of aromatic nitrogens is 1. The molecule has 0 aliphatic carbocycles. The molecule has 9 nitrogen and oxygen atoms in total. The topological polar surface area (TPSA) is 112 Å². The van der Waals surface area contributed by atoms with E-state index in [1.165, 1.54) is 0 Å². The van der Waals surface area contributed by atoms with Gasteiger partial charge in [0, 0.05) is 61.5 Å². The fraction of sp³-hybridized carbons (Fsp3) is 0.393. The Labute approximate surface area is 215 Å². The summed E-state index contributed by atoms with van der Waals surface area (Å²) < 4.78 is 0. The van der Waals surface area contributed by atoms with Crippen LogP contribution < -0.4 is 10.6 Å². The SMILES string of the molecule is Cc1ncccc1CNC(=O)N1CCC(C#Cc2cccc3c2CN(C2CCC(=O)NC2=O)C3=O)CC1. The molecule has 5 amide bonds. The number of imide groups is 1. The fourth-order valence-electron chi connectivity index (χ4n) is 5.10. The molecule has 2 N–H and O–H groups in total. The van der Waals surface area contributed by atoms with Crippen LogP contribution in [0.25, 0.3) is 0 Å². The van der Waals surface area contributed by atoms with Gasteiger partial charge in [0.1, 0.15) is 6.04 Å². The van der Waals surface area contributed by atoms with E-state index in [0.717, 1.165) is 35.2 Å². The maximum atomic E-state index is 13.0. The van der Waals surface area contributed by atoms with Gasteiger partial charge < -0.3 is 15.1 Å². The molecule has 2 aromatic rings. The van der Waals surface area contributed by atoms with Crippen LogP contribution >= 0.6 is 0 Å². The number of pyridine rings is 1. The molecule has 4 heterocycles. The van der Waals surface area contributed by atoms with Crippen LogP contribution in [0, 0.1) is 24.7 Å². The zero-order chi connectivity index (χ0) is 25.9. The lowest BCUT2D eigenvalue weighted by Crippen LogP contribution is -2.52. The number of urea groups is 1. The van der Waals surface area contributed by atoms with Crippen LogP contribution in [0.3, 0.4) is 0 Å². The van der Waals surface area contributed by atoms with Gasteiger partial charge in [0.15, 0.2) is 0 Å². The van der Waals surface area contributed by atoms with E-state index >= 15 is 0 Å². The van der Waals surface area contributed by atoms with Crippen LogP contribution in [0.4, 0.5) is 4.79 Å². The Bertz CT molecular complexity index is 1320. The average molecular weight is 500 g/mol. The number of benzene rings is 1. The first-order chi connectivity index (χ1) is 17.9. The lowest BCUT2D eigenvalue weighted by Gasteiger charge is -2.30. The van der Waals surface area contributed by atoms with Crippen molar-refractivity contribution in [2.75, 3.05) is 13.1 Å². The number of carbonyl (C=O) groups excluding carboxylic acids is 4. The van der Waals surface area contributed by atoms with Crippen LogP contribution in [-0.4, -0.2) is 57.7 Å². The van der Waals surface area contributed by atoms with E-state index in [4.69, 9.17) is 0 Å². The van der Waals surface area contributed by atoms with Crippen molar-refractivity contribution in [2.24, 2.45) is 5.92 Å². The van der Waals surface area contributed by atoms with E-state index in [2.05, 4.69) is 27.5 Å². The standard InChI is InChI=1S/C28H29N5O4/c1-18-21(5-3-13-29-18)16-30-28(37)32-14-11-19(12-15-32)7-8-20-4-2-6-22-23(20)17-33(27(22)36)24-9-10-25(34)31-26(24)35/h2-6,13,19,24H,9-12,14-17H2,1H3,(H,30,37)(H,31,34,35). The molecular formula is C28H29N5O4. The number of likely N-dealkylation sites (tertiary alicyclic amines) is 1. The van der Waals surface area contributed by atoms with Gasteiger partial charge in [0.25, 0.3) is 5.91 Å². The minimum atomic E-state index is -0.643. The van der Waals surface area contributed by atoms with E-state index in [1.807, 2.05) is 36.1 Å². The third kappa shape index (κ3) is 5.19. The number of piperidine rings is 2. The summed E-state index contributed by atoms with van der Waals surface area (Å²) in [6, 6.07) is 8.57. The fourth-order valence-corrected chi connectivity index (χ4v) is 5.10.